The van der Waals surface area contributed by atoms with Gasteiger partial charge in [-0.3, -0.25) is 0 Å². The Bertz CT molecular complexity index is 539. The molecule has 2 aromatic heterocycles. The van der Waals surface area contributed by atoms with E-state index in [0.717, 1.165) is 16.1 Å². The van der Waals surface area contributed by atoms with Crippen molar-refractivity contribution in [1.29, 1.82) is 0 Å². The summed E-state index contributed by atoms with van der Waals surface area (Å²) >= 11 is 3.46. The van der Waals surface area contributed by atoms with Gasteiger partial charge in [0.1, 0.15) is 28.2 Å². The fourth-order valence-electron chi connectivity index (χ4n) is 1.91. The van der Waals surface area contributed by atoms with Crippen molar-refractivity contribution in [1.82, 2.24) is 9.97 Å². The molecule has 18 heavy (non-hydrogen) atoms. The highest BCUT2D eigenvalue weighted by Gasteiger charge is 2.32. The van der Waals surface area contributed by atoms with Gasteiger partial charge in [-0.05, 0) is 40.9 Å². The van der Waals surface area contributed by atoms with Gasteiger partial charge in [-0.25, -0.2) is 9.97 Å². The van der Waals surface area contributed by atoms with Crippen LogP contribution in [0.25, 0.3) is 0 Å². The molecule has 6 heteroatoms. The van der Waals surface area contributed by atoms with E-state index in [1.807, 2.05) is 12.1 Å². The Balaban J connectivity index is 1.91. The second-order valence-corrected chi connectivity index (χ2v) is 5.13. The molecule has 1 fully saturated rings. The van der Waals surface area contributed by atoms with Crippen molar-refractivity contribution in [2.24, 2.45) is 0 Å². The van der Waals surface area contributed by atoms with Crippen LogP contribution in [0.3, 0.4) is 0 Å². The van der Waals surface area contributed by atoms with E-state index in [1.165, 1.54) is 19.2 Å². The van der Waals surface area contributed by atoms with Gasteiger partial charge in [-0.15, -0.1) is 0 Å². The lowest BCUT2D eigenvalue weighted by molar-refractivity contribution is 0.500. The lowest BCUT2D eigenvalue weighted by Gasteiger charge is -2.23. The third kappa shape index (κ3) is 2.20. The van der Waals surface area contributed by atoms with Crippen LogP contribution < -0.4 is 10.6 Å². The van der Waals surface area contributed by atoms with Gasteiger partial charge in [0.25, 0.3) is 0 Å². The number of nitrogens with two attached hydrogens (primary N) is 1. The second kappa shape index (κ2) is 4.61. The maximum absolute atomic E-state index is 5.80. The van der Waals surface area contributed by atoms with Gasteiger partial charge in [0.05, 0.1) is 12.8 Å². The van der Waals surface area contributed by atoms with Crippen molar-refractivity contribution in [2.75, 3.05) is 10.6 Å². The summed E-state index contributed by atoms with van der Waals surface area (Å²) in [7, 11) is 0. The first-order valence-corrected chi connectivity index (χ1v) is 6.60. The molecule has 0 atom stereocenters. The Kier molecular flexibility index (Phi) is 2.95. The first-order chi connectivity index (χ1) is 8.75. The van der Waals surface area contributed by atoms with Gasteiger partial charge >= 0.3 is 0 Å². The molecule has 2 N–H and O–H groups in total. The van der Waals surface area contributed by atoms with Crippen LogP contribution in [-0.4, -0.2) is 16.0 Å². The number of furan rings is 1. The average molecular weight is 309 g/mol. The van der Waals surface area contributed by atoms with E-state index in [2.05, 4.69) is 30.8 Å². The van der Waals surface area contributed by atoms with Crippen LogP contribution in [-0.2, 0) is 6.54 Å². The summed E-state index contributed by atoms with van der Waals surface area (Å²) in [6, 6.07) is 4.37. The molecule has 2 heterocycles. The summed E-state index contributed by atoms with van der Waals surface area (Å²) in [5.74, 6) is 2.22. The molecule has 2 aromatic rings. The van der Waals surface area contributed by atoms with Crippen molar-refractivity contribution in [3.05, 3.63) is 35.0 Å². The van der Waals surface area contributed by atoms with E-state index in [4.69, 9.17) is 10.2 Å². The summed E-state index contributed by atoms with van der Waals surface area (Å²) in [6.45, 7) is 0.701. The Morgan fingerprint density at radius 2 is 2.28 bits per heavy atom. The molecule has 0 aliphatic heterocycles. The zero-order valence-corrected chi connectivity index (χ0v) is 11.3. The van der Waals surface area contributed by atoms with Gasteiger partial charge in [0.15, 0.2) is 0 Å². The van der Waals surface area contributed by atoms with E-state index in [0.29, 0.717) is 18.4 Å². The summed E-state index contributed by atoms with van der Waals surface area (Å²) in [4.78, 5) is 10.5. The molecule has 0 saturated heterocycles. The minimum atomic E-state index is 0.463. The van der Waals surface area contributed by atoms with E-state index >= 15 is 0 Å². The molecule has 0 bridgehead atoms. The fourth-order valence-corrected chi connectivity index (χ4v) is 2.34. The highest BCUT2D eigenvalue weighted by atomic mass is 79.9. The van der Waals surface area contributed by atoms with Crippen LogP contribution in [0.1, 0.15) is 18.6 Å². The normalized spacial score (nSPS) is 14.7. The number of halogens is 1. The van der Waals surface area contributed by atoms with E-state index in [9.17, 15) is 0 Å². The fraction of sp³-hybridized carbons (Fsp3) is 0.333. The van der Waals surface area contributed by atoms with Gasteiger partial charge in [0.2, 0.25) is 0 Å². The lowest BCUT2D eigenvalue weighted by atomic mass is 10.3. The number of hydrogen-bond donors (Lipinski definition) is 1. The molecule has 0 spiro atoms. The third-order valence-corrected chi connectivity index (χ3v) is 3.72. The third-order valence-electron chi connectivity index (χ3n) is 2.96. The number of aromatic nitrogens is 2. The molecule has 0 aromatic carbocycles. The second-order valence-electron chi connectivity index (χ2n) is 4.33. The zero-order chi connectivity index (χ0) is 12.5. The van der Waals surface area contributed by atoms with Crippen molar-refractivity contribution < 1.29 is 4.42 Å². The largest absolute Gasteiger partial charge is 0.467 e. The molecule has 0 amide bonds. The number of rotatable bonds is 4. The Morgan fingerprint density at radius 3 is 2.94 bits per heavy atom. The predicted molar refractivity (Wildman–Crippen MR) is 72.1 cm³/mol. The van der Waals surface area contributed by atoms with Crippen molar-refractivity contribution in [2.45, 2.75) is 25.4 Å². The van der Waals surface area contributed by atoms with Gasteiger partial charge < -0.3 is 15.1 Å². The minimum absolute atomic E-state index is 0.463. The topological polar surface area (TPSA) is 68.2 Å². The first kappa shape index (κ1) is 11.5. The van der Waals surface area contributed by atoms with Crippen LogP contribution in [0.2, 0.25) is 0 Å². The average Bonchev–Trinajstić information content (AvgIpc) is 3.08. The molecule has 0 unspecified atom stereocenters. The summed E-state index contributed by atoms with van der Waals surface area (Å²) in [5.41, 5.74) is 5.80. The molecule has 1 aliphatic rings. The molecular weight excluding hydrogens is 296 g/mol. The van der Waals surface area contributed by atoms with Gasteiger partial charge in [-0.2, -0.15) is 0 Å². The molecule has 94 valence electrons. The molecular formula is C12H13BrN4O. The van der Waals surface area contributed by atoms with Crippen LogP contribution in [0.5, 0.6) is 0 Å². The monoisotopic (exact) mass is 308 g/mol. The smallest absolute Gasteiger partial charge is 0.149 e. The molecule has 5 nitrogen and oxygen atoms in total. The summed E-state index contributed by atoms with van der Waals surface area (Å²) in [6.07, 6.45) is 5.53. The van der Waals surface area contributed by atoms with Crippen molar-refractivity contribution in [3.63, 3.8) is 0 Å². The SMILES string of the molecule is Nc1ncnc(N(Cc2ccco2)C2CC2)c1Br. The zero-order valence-electron chi connectivity index (χ0n) is 9.71. The highest BCUT2D eigenvalue weighted by molar-refractivity contribution is 9.10. The predicted octanol–water partition coefficient (Wildman–Crippen LogP) is 2.58. The molecule has 1 aliphatic carbocycles. The lowest BCUT2D eigenvalue weighted by Crippen LogP contribution is -2.26. The van der Waals surface area contributed by atoms with Gasteiger partial charge in [-0.1, -0.05) is 0 Å². The number of anilines is 2. The number of nitrogens with zero attached hydrogens (tertiary/aromatic N) is 3. The number of nitrogen functional groups attached to an aromatic ring is 1. The standard InChI is InChI=1S/C12H13BrN4O/c13-10-11(14)15-7-16-12(10)17(8-3-4-8)6-9-2-1-5-18-9/h1-2,5,7-8H,3-4,6H2,(H2,14,15,16). The van der Waals surface area contributed by atoms with Crippen LogP contribution in [0.15, 0.2) is 33.6 Å². The van der Waals surface area contributed by atoms with E-state index < -0.39 is 0 Å². The maximum Gasteiger partial charge on any atom is 0.149 e. The quantitative estimate of drug-likeness (QED) is 0.940. The molecule has 0 radical (unpaired) electrons. The first-order valence-electron chi connectivity index (χ1n) is 5.80. The Hall–Kier alpha value is -1.56. The van der Waals surface area contributed by atoms with Crippen molar-refractivity contribution >= 4 is 27.6 Å². The van der Waals surface area contributed by atoms with Gasteiger partial charge in [0, 0.05) is 6.04 Å². The summed E-state index contributed by atoms with van der Waals surface area (Å²) in [5, 5.41) is 0. The Morgan fingerprint density at radius 1 is 1.44 bits per heavy atom. The highest BCUT2D eigenvalue weighted by Crippen LogP contribution is 2.37. The van der Waals surface area contributed by atoms with Crippen molar-refractivity contribution in [3.8, 4) is 0 Å². The van der Waals surface area contributed by atoms with Crippen LogP contribution in [0.4, 0.5) is 11.6 Å². The summed E-state index contributed by atoms with van der Waals surface area (Å²) < 4.78 is 6.16. The van der Waals surface area contributed by atoms with E-state index in [-0.39, 0.29) is 0 Å². The maximum atomic E-state index is 5.80. The Labute approximate surface area is 113 Å². The van der Waals surface area contributed by atoms with E-state index in [1.54, 1.807) is 6.26 Å². The molecule has 3 rings (SSSR count). The number of hydrogen-bond acceptors (Lipinski definition) is 5. The minimum Gasteiger partial charge on any atom is -0.467 e. The van der Waals surface area contributed by atoms with Crippen LogP contribution >= 0.6 is 15.9 Å². The molecule has 1 saturated carbocycles. The van der Waals surface area contributed by atoms with Crippen LogP contribution in [0, 0.1) is 0 Å².